The maximum atomic E-state index is 12.0. The third-order valence-electron chi connectivity index (χ3n) is 2.77. The van der Waals surface area contributed by atoms with E-state index in [-0.39, 0.29) is 30.9 Å². The molecule has 1 amide bonds. The molecule has 0 bridgehead atoms. The topological polar surface area (TPSA) is 75.9 Å². The highest BCUT2D eigenvalue weighted by molar-refractivity contribution is 5.85. The molecular formula is C9H17ClN6O. The number of hydrogen-bond donors (Lipinski definition) is 1. The van der Waals surface area contributed by atoms with Gasteiger partial charge in [0.15, 0.2) is 0 Å². The second-order valence-corrected chi connectivity index (χ2v) is 4.21. The summed E-state index contributed by atoms with van der Waals surface area (Å²) in [7, 11) is 0. The second-order valence-electron chi connectivity index (χ2n) is 4.21. The van der Waals surface area contributed by atoms with Crippen LogP contribution in [0, 0.1) is 0 Å². The molecule has 0 saturated carbocycles. The van der Waals surface area contributed by atoms with E-state index < -0.39 is 0 Å². The Kier molecular flexibility index (Phi) is 4.83. The lowest BCUT2D eigenvalue weighted by atomic mass is 10.1. The number of nitrogens with one attached hydrogen (secondary N) is 1. The van der Waals surface area contributed by atoms with Crippen molar-refractivity contribution in [2.45, 2.75) is 32.5 Å². The van der Waals surface area contributed by atoms with Crippen LogP contribution < -0.4 is 5.32 Å². The Morgan fingerprint density at radius 2 is 2.29 bits per heavy atom. The average Bonchev–Trinajstić information content (AvgIpc) is 2.74. The predicted octanol–water partition coefficient (Wildman–Crippen LogP) is -0.696. The zero-order valence-corrected chi connectivity index (χ0v) is 10.7. The number of tetrazole rings is 1. The Morgan fingerprint density at radius 3 is 2.94 bits per heavy atom. The van der Waals surface area contributed by atoms with Gasteiger partial charge in [0.1, 0.15) is 12.9 Å². The Labute approximate surface area is 106 Å². The molecule has 0 radical (unpaired) electrons. The molecule has 2 unspecified atom stereocenters. The molecule has 2 atom stereocenters. The molecule has 1 aromatic heterocycles. The van der Waals surface area contributed by atoms with Crippen molar-refractivity contribution in [3.63, 3.8) is 0 Å². The highest BCUT2D eigenvalue weighted by Crippen LogP contribution is 2.07. The van der Waals surface area contributed by atoms with Crippen molar-refractivity contribution < 1.29 is 4.79 Å². The minimum atomic E-state index is 0. The molecule has 7 nitrogen and oxygen atoms in total. The highest BCUT2D eigenvalue weighted by Gasteiger charge is 2.26. The fraction of sp³-hybridized carbons (Fsp3) is 0.778. The highest BCUT2D eigenvalue weighted by atomic mass is 35.5. The van der Waals surface area contributed by atoms with E-state index in [4.69, 9.17) is 0 Å². The van der Waals surface area contributed by atoms with Gasteiger partial charge < -0.3 is 10.2 Å². The molecule has 1 fully saturated rings. The monoisotopic (exact) mass is 260 g/mol. The van der Waals surface area contributed by atoms with Crippen LogP contribution in [0.2, 0.25) is 0 Å². The van der Waals surface area contributed by atoms with Crippen LogP contribution in [-0.2, 0) is 11.3 Å². The molecule has 0 spiro atoms. The molecule has 8 heteroatoms. The molecule has 1 aromatic rings. The van der Waals surface area contributed by atoms with Crippen LogP contribution >= 0.6 is 12.4 Å². The first-order valence-electron chi connectivity index (χ1n) is 5.40. The van der Waals surface area contributed by atoms with Gasteiger partial charge in [0.2, 0.25) is 5.91 Å². The van der Waals surface area contributed by atoms with Gasteiger partial charge in [-0.1, -0.05) is 0 Å². The maximum Gasteiger partial charge on any atom is 0.244 e. The first-order chi connectivity index (χ1) is 7.66. The Balaban J connectivity index is 0.00000144. The van der Waals surface area contributed by atoms with Crippen molar-refractivity contribution in [1.29, 1.82) is 0 Å². The third kappa shape index (κ3) is 3.37. The molecule has 2 rings (SSSR count). The average molecular weight is 261 g/mol. The van der Waals surface area contributed by atoms with E-state index in [1.165, 1.54) is 11.0 Å². The summed E-state index contributed by atoms with van der Waals surface area (Å²) in [5.74, 6) is 0.0631. The second kappa shape index (κ2) is 5.92. The van der Waals surface area contributed by atoms with E-state index >= 15 is 0 Å². The number of rotatable bonds is 2. The minimum Gasteiger partial charge on any atom is -0.336 e. The van der Waals surface area contributed by atoms with E-state index in [1.54, 1.807) is 0 Å². The van der Waals surface area contributed by atoms with Crippen LogP contribution in [0.4, 0.5) is 0 Å². The molecule has 96 valence electrons. The molecule has 1 saturated heterocycles. The fourth-order valence-electron chi connectivity index (χ4n) is 1.85. The van der Waals surface area contributed by atoms with Gasteiger partial charge in [0.05, 0.1) is 0 Å². The van der Waals surface area contributed by atoms with E-state index in [1.807, 2.05) is 11.8 Å². The quantitative estimate of drug-likeness (QED) is 0.761. The van der Waals surface area contributed by atoms with Crippen molar-refractivity contribution in [1.82, 2.24) is 30.4 Å². The summed E-state index contributed by atoms with van der Waals surface area (Å²) in [4.78, 5) is 13.9. The molecular weight excluding hydrogens is 244 g/mol. The smallest absolute Gasteiger partial charge is 0.244 e. The number of carbonyl (C=O) groups excluding carboxylic acids is 1. The summed E-state index contributed by atoms with van der Waals surface area (Å²) in [5, 5.41) is 14.0. The molecule has 17 heavy (non-hydrogen) atoms. The zero-order chi connectivity index (χ0) is 11.5. The van der Waals surface area contributed by atoms with Crippen LogP contribution in [-0.4, -0.2) is 56.2 Å². The van der Waals surface area contributed by atoms with E-state index in [2.05, 4.69) is 27.8 Å². The molecule has 1 aliphatic heterocycles. The Hall–Kier alpha value is -1.21. The minimum absolute atomic E-state index is 0. The van der Waals surface area contributed by atoms with Gasteiger partial charge in [-0.15, -0.1) is 17.5 Å². The maximum absolute atomic E-state index is 12.0. The number of aromatic nitrogens is 4. The molecule has 0 aromatic carbocycles. The third-order valence-corrected chi connectivity index (χ3v) is 2.77. The van der Waals surface area contributed by atoms with Gasteiger partial charge in [0, 0.05) is 25.2 Å². The van der Waals surface area contributed by atoms with Gasteiger partial charge in [0.25, 0.3) is 0 Å². The summed E-state index contributed by atoms with van der Waals surface area (Å²) >= 11 is 0. The first kappa shape index (κ1) is 13.9. The van der Waals surface area contributed by atoms with Crippen LogP contribution in [0.25, 0.3) is 0 Å². The van der Waals surface area contributed by atoms with Crippen molar-refractivity contribution in [3.8, 4) is 0 Å². The van der Waals surface area contributed by atoms with Gasteiger partial charge in [-0.25, -0.2) is 4.68 Å². The summed E-state index contributed by atoms with van der Waals surface area (Å²) in [6.45, 7) is 5.90. The van der Waals surface area contributed by atoms with Crippen molar-refractivity contribution in [2.24, 2.45) is 0 Å². The van der Waals surface area contributed by atoms with Crippen LogP contribution in [0.5, 0.6) is 0 Å². The van der Waals surface area contributed by atoms with Crippen molar-refractivity contribution in [3.05, 3.63) is 6.33 Å². The summed E-state index contributed by atoms with van der Waals surface area (Å²) in [6, 6.07) is 0.564. The van der Waals surface area contributed by atoms with Crippen molar-refractivity contribution in [2.75, 3.05) is 13.1 Å². The van der Waals surface area contributed by atoms with E-state index in [9.17, 15) is 4.79 Å². The number of halogens is 1. The van der Waals surface area contributed by atoms with Crippen molar-refractivity contribution >= 4 is 18.3 Å². The predicted molar refractivity (Wildman–Crippen MR) is 63.7 cm³/mol. The number of hydrogen-bond acceptors (Lipinski definition) is 5. The standard InChI is InChI=1S/C9H16N6O.ClH/c1-7-4-15(8(2)3-10-7)9(16)5-14-6-11-12-13-14;/h6-8,10H,3-5H2,1-2H3;1H. The normalized spacial score (nSPS) is 24.2. The fourth-order valence-corrected chi connectivity index (χ4v) is 1.85. The van der Waals surface area contributed by atoms with Crippen LogP contribution in [0.3, 0.4) is 0 Å². The Bertz CT molecular complexity index is 356. The number of amides is 1. The van der Waals surface area contributed by atoms with Gasteiger partial charge in [-0.05, 0) is 24.3 Å². The van der Waals surface area contributed by atoms with Gasteiger partial charge in [-0.3, -0.25) is 4.79 Å². The molecule has 1 N–H and O–H groups in total. The van der Waals surface area contributed by atoms with E-state index in [0.29, 0.717) is 6.04 Å². The molecule has 1 aliphatic rings. The van der Waals surface area contributed by atoms with Gasteiger partial charge in [-0.2, -0.15) is 0 Å². The lowest BCUT2D eigenvalue weighted by molar-refractivity contribution is -0.135. The lowest BCUT2D eigenvalue weighted by Crippen LogP contribution is -2.56. The van der Waals surface area contributed by atoms with Crippen LogP contribution in [0.1, 0.15) is 13.8 Å². The summed E-state index contributed by atoms with van der Waals surface area (Å²) in [5.41, 5.74) is 0. The number of piperazine rings is 1. The number of carbonyl (C=O) groups is 1. The summed E-state index contributed by atoms with van der Waals surface area (Å²) < 4.78 is 1.45. The SMILES string of the molecule is CC1CN(C(=O)Cn2cnnn2)C(C)CN1.Cl. The first-order valence-corrected chi connectivity index (χ1v) is 5.40. The Morgan fingerprint density at radius 1 is 1.53 bits per heavy atom. The largest absolute Gasteiger partial charge is 0.336 e. The number of nitrogens with zero attached hydrogens (tertiary/aromatic N) is 5. The lowest BCUT2D eigenvalue weighted by Gasteiger charge is -2.37. The van der Waals surface area contributed by atoms with Crippen LogP contribution in [0.15, 0.2) is 6.33 Å². The molecule has 2 heterocycles. The molecule has 0 aliphatic carbocycles. The van der Waals surface area contributed by atoms with E-state index in [0.717, 1.165) is 13.1 Å². The zero-order valence-electron chi connectivity index (χ0n) is 9.91. The van der Waals surface area contributed by atoms with Gasteiger partial charge >= 0.3 is 0 Å². The summed E-state index contributed by atoms with van der Waals surface area (Å²) in [6.07, 6.45) is 1.45.